The van der Waals surface area contributed by atoms with Gasteiger partial charge in [-0.3, -0.25) is 28.8 Å². The molecule has 0 saturated carbocycles. The molecule has 0 aliphatic rings. The molecule has 3 N–H and O–H groups in total. The molecule has 0 bridgehead atoms. The lowest BCUT2D eigenvalue weighted by atomic mass is 9.95. The summed E-state index contributed by atoms with van der Waals surface area (Å²) in [5, 5.41) is 8.25. The van der Waals surface area contributed by atoms with Crippen molar-refractivity contribution in [3.8, 4) is 0 Å². The van der Waals surface area contributed by atoms with E-state index in [0.717, 1.165) is 0 Å². The lowest BCUT2D eigenvalue weighted by Crippen LogP contribution is -2.47. The zero-order chi connectivity index (χ0) is 34.4. The smallest absolute Gasteiger partial charge is 0.223 e. The van der Waals surface area contributed by atoms with Gasteiger partial charge in [-0.2, -0.15) is 0 Å². The molecule has 0 aromatic rings. The Hall–Kier alpha value is -2.70. The van der Waals surface area contributed by atoms with Crippen LogP contribution in [0.3, 0.4) is 0 Å². The minimum atomic E-state index is -0.814. The van der Waals surface area contributed by atoms with E-state index in [1.807, 2.05) is 13.8 Å². The minimum absolute atomic E-state index is 0.0730. The Morgan fingerprint density at radius 1 is 0.511 bits per heavy atom. The molecule has 0 aliphatic carbocycles. The third-order valence-electron chi connectivity index (χ3n) is 7.83. The second kappa shape index (κ2) is 24.5. The Balaban J connectivity index is 4.77. The summed E-state index contributed by atoms with van der Waals surface area (Å²) in [6, 6.07) is -2.14. The van der Waals surface area contributed by atoms with Crippen molar-refractivity contribution in [1.82, 2.24) is 16.0 Å². The summed E-state index contributed by atoms with van der Waals surface area (Å²) >= 11 is 0. The predicted molar refractivity (Wildman–Crippen MR) is 171 cm³/mol. The second-order valence-corrected chi connectivity index (χ2v) is 11.6. The van der Waals surface area contributed by atoms with Gasteiger partial charge in [-0.1, -0.05) is 48.5 Å². The Bertz CT molecular complexity index is 927. The normalized spacial score (nSPS) is 15.2. The van der Waals surface area contributed by atoms with Crippen LogP contribution in [0.1, 0.15) is 99.8 Å². The van der Waals surface area contributed by atoms with Crippen molar-refractivity contribution in [3.05, 3.63) is 0 Å². The number of ketones is 3. The van der Waals surface area contributed by atoms with Crippen LogP contribution in [0.25, 0.3) is 0 Å². The van der Waals surface area contributed by atoms with Crippen molar-refractivity contribution >= 4 is 35.1 Å². The van der Waals surface area contributed by atoms with Gasteiger partial charge in [0.2, 0.25) is 17.7 Å². The van der Waals surface area contributed by atoms with Gasteiger partial charge in [0, 0.05) is 50.7 Å². The maximum Gasteiger partial charge on any atom is 0.223 e. The number of methoxy groups -OCH3 is 1. The number of amides is 3. The van der Waals surface area contributed by atoms with E-state index >= 15 is 0 Å². The van der Waals surface area contributed by atoms with Crippen LogP contribution in [0.5, 0.6) is 0 Å². The molecule has 0 heterocycles. The second-order valence-electron chi connectivity index (χ2n) is 11.6. The largest absolute Gasteiger partial charge is 0.382 e. The van der Waals surface area contributed by atoms with Gasteiger partial charge < -0.3 is 30.2 Å². The first-order valence-electron chi connectivity index (χ1n) is 16.5. The fourth-order valence-electron chi connectivity index (χ4n) is 4.42. The third kappa shape index (κ3) is 17.5. The lowest BCUT2D eigenvalue weighted by molar-refractivity contribution is -0.135. The molecule has 3 amide bonds. The van der Waals surface area contributed by atoms with Crippen LogP contribution in [0.2, 0.25) is 0 Å². The molecule has 0 radical (unpaired) electrons. The summed E-state index contributed by atoms with van der Waals surface area (Å²) in [6.45, 7) is 14.6. The predicted octanol–water partition coefficient (Wildman–Crippen LogP) is 2.94. The van der Waals surface area contributed by atoms with E-state index in [0.29, 0.717) is 65.1 Å². The molecule has 0 saturated heterocycles. The highest BCUT2D eigenvalue weighted by atomic mass is 16.5. The van der Waals surface area contributed by atoms with Gasteiger partial charge in [0.05, 0.1) is 44.6 Å². The molecule has 0 spiro atoms. The van der Waals surface area contributed by atoms with E-state index in [1.165, 1.54) is 0 Å². The van der Waals surface area contributed by atoms with E-state index in [1.54, 1.807) is 41.7 Å². The third-order valence-corrected chi connectivity index (χ3v) is 7.83. The number of hydrogen-bond donors (Lipinski definition) is 3. The van der Waals surface area contributed by atoms with Crippen molar-refractivity contribution < 1.29 is 43.0 Å². The van der Waals surface area contributed by atoms with E-state index < -0.39 is 41.8 Å². The van der Waals surface area contributed by atoms with Crippen LogP contribution >= 0.6 is 0 Å². The number of ether oxygens (including phenoxy) is 3. The number of rotatable bonds is 27. The van der Waals surface area contributed by atoms with Crippen LogP contribution in [-0.4, -0.2) is 93.3 Å². The maximum atomic E-state index is 13.0. The van der Waals surface area contributed by atoms with Crippen molar-refractivity contribution in [3.63, 3.8) is 0 Å². The summed E-state index contributed by atoms with van der Waals surface area (Å²) in [6.07, 6.45) is 2.40. The van der Waals surface area contributed by atoms with Gasteiger partial charge in [-0.05, 0) is 32.1 Å². The van der Waals surface area contributed by atoms with E-state index in [9.17, 15) is 28.8 Å². The van der Waals surface area contributed by atoms with Crippen molar-refractivity contribution in [2.45, 2.75) is 118 Å². The molecule has 260 valence electrons. The van der Waals surface area contributed by atoms with Crippen LogP contribution in [0, 0.1) is 17.8 Å². The monoisotopic (exact) mass is 641 g/mol. The molecule has 12 nitrogen and oxygen atoms in total. The van der Waals surface area contributed by atoms with Crippen molar-refractivity contribution in [1.29, 1.82) is 0 Å². The van der Waals surface area contributed by atoms with Crippen molar-refractivity contribution in [2.24, 2.45) is 17.8 Å². The van der Waals surface area contributed by atoms with Gasteiger partial charge in [0.15, 0.2) is 17.3 Å². The number of carbonyl (C=O) groups excluding carboxylic acids is 6. The molecule has 0 aromatic carbocycles. The highest BCUT2D eigenvalue weighted by Crippen LogP contribution is 2.13. The Morgan fingerprint density at radius 3 is 1.29 bits per heavy atom. The summed E-state index contributed by atoms with van der Waals surface area (Å²) in [5.41, 5.74) is 0. The SMILES string of the molecule is CC[C@@H](C)C(=O)N[C@@H](CC)C(=O)C[C@@H](C)C(=O)N[C@@H](CC)C(=O)C[C@@H](C)C(=O)N[C@@H](CC)C(=O)CCCOCCOCCOC. The average Bonchev–Trinajstić information content (AvgIpc) is 3.02. The average molecular weight is 642 g/mol. The Labute approximate surface area is 269 Å². The number of carbonyl (C=O) groups is 6. The highest BCUT2D eigenvalue weighted by Gasteiger charge is 2.29. The standard InChI is InChI=1S/C33H59N3O9/c1-9-22(5)31(40)35-26(11-3)29(38)21-24(7)33(42)36-27(12-4)30(39)20-23(6)32(41)34-25(10-2)28(37)14-13-15-44-18-19-45-17-16-43-8/h22-27H,9-21H2,1-8H3,(H,34,41)(H,35,40)(H,36,42)/t22-,23-,24-,25+,26+,27+/m1/s1. The number of nitrogens with one attached hydrogen (secondary N) is 3. The lowest BCUT2D eigenvalue weighted by Gasteiger charge is -2.23. The van der Waals surface area contributed by atoms with Crippen LogP contribution in [-0.2, 0) is 43.0 Å². The summed E-state index contributed by atoms with van der Waals surface area (Å²) < 4.78 is 15.7. The van der Waals surface area contributed by atoms with Crippen molar-refractivity contribution in [2.75, 3.05) is 40.1 Å². The quantitative estimate of drug-likeness (QED) is 0.114. The first kappa shape index (κ1) is 42.3. The van der Waals surface area contributed by atoms with Gasteiger partial charge in [0.1, 0.15) is 0 Å². The summed E-state index contributed by atoms with van der Waals surface area (Å²) in [7, 11) is 1.60. The summed E-state index contributed by atoms with van der Waals surface area (Å²) in [5.74, 6) is -3.30. The molecule has 0 aliphatic heterocycles. The van der Waals surface area contributed by atoms with Crippen LogP contribution in [0.4, 0.5) is 0 Å². The van der Waals surface area contributed by atoms with Gasteiger partial charge in [-0.25, -0.2) is 0 Å². The molecule has 0 rings (SSSR count). The fourth-order valence-corrected chi connectivity index (χ4v) is 4.42. The van der Waals surface area contributed by atoms with Crippen LogP contribution < -0.4 is 16.0 Å². The van der Waals surface area contributed by atoms with E-state index in [4.69, 9.17) is 14.2 Å². The molecular weight excluding hydrogens is 582 g/mol. The van der Waals surface area contributed by atoms with Gasteiger partial charge in [0.25, 0.3) is 0 Å². The first-order chi connectivity index (χ1) is 21.4. The molecule has 0 fully saturated rings. The minimum Gasteiger partial charge on any atom is -0.382 e. The molecule has 0 aromatic heterocycles. The molecule has 0 unspecified atom stereocenters. The van der Waals surface area contributed by atoms with Crippen LogP contribution in [0.15, 0.2) is 0 Å². The fraction of sp³-hybridized carbons (Fsp3) is 0.818. The molecule has 45 heavy (non-hydrogen) atoms. The van der Waals surface area contributed by atoms with Gasteiger partial charge in [-0.15, -0.1) is 0 Å². The number of hydrogen-bond acceptors (Lipinski definition) is 9. The Morgan fingerprint density at radius 2 is 0.889 bits per heavy atom. The molecular formula is C33H59N3O9. The zero-order valence-electron chi connectivity index (χ0n) is 28.8. The molecule has 12 heteroatoms. The number of Topliss-reactive ketones (excluding diaryl/α,β-unsaturated/α-hetero) is 3. The highest BCUT2D eigenvalue weighted by molar-refractivity contribution is 5.96. The molecule has 6 atom stereocenters. The maximum absolute atomic E-state index is 13.0. The van der Waals surface area contributed by atoms with E-state index in [-0.39, 0.29) is 48.4 Å². The topological polar surface area (TPSA) is 166 Å². The summed E-state index contributed by atoms with van der Waals surface area (Å²) in [4.78, 5) is 76.5. The van der Waals surface area contributed by atoms with Gasteiger partial charge >= 0.3 is 0 Å². The first-order valence-corrected chi connectivity index (χ1v) is 16.5. The van der Waals surface area contributed by atoms with E-state index in [2.05, 4.69) is 16.0 Å². The zero-order valence-corrected chi connectivity index (χ0v) is 28.8. The Kier molecular flexibility index (Phi) is 23.1.